The topological polar surface area (TPSA) is 38.5 Å². The molecular weight excluding hydrogens is 339 g/mol. The van der Waals surface area contributed by atoms with Crippen molar-refractivity contribution in [1.29, 1.82) is 0 Å². The van der Waals surface area contributed by atoms with E-state index < -0.39 is 0 Å². The zero-order chi connectivity index (χ0) is 19.2. The summed E-state index contributed by atoms with van der Waals surface area (Å²) < 4.78 is 18.7. The van der Waals surface area contributed by atoms with Crippen LogP contribution in [0.1, 0.15) is 42.5 Å². The van der Waals surface area contributed by atoms with E-state index in [1.807, 2.05) is 19.1 Å². The lowest BCUT2D eigenvalue weighted by molar-refractivity contribution is 0.143. The Morgan fingerprint density at radius 1 is 1.04 bits per heavy atom. The Morgan fingerprint density at radius 3 is 2.11 bits per heavy atom. The van der Waals surface area contributed by atoms with E-state index in [1.165, 1.54) is 16.7 Å². The molecule has 3 rings (SSSR count). The summed E-state index contributed by atoms with van der Waals surface area (Å²) in [4.78, 5) is 2.44. The van der Waals surface area contributed by atoms with Gasteiger partial charge in [0.25, 0.3) is 0 Å². The Morgan fingerprint density at radius 2 is 1.59 bits per heavy atom. The van der Waals surface area contributed by atoms with Crippen LogP contribution in [-0.2, 0) is 4.74 Å². The molecule has 1 fully saturated rings. The van der Waals surface area contributed by atoms with Crippen molar-refractivity contribution >= 4 is 5.57 Å². The second-order valence-electron chi connectivity index (χ2n) is 7.23. The minimum Gasteiger partial charge on any atom is -0.383 e. The third-order valence-electron chi connectivity index (χ3n) is 5.28. The van der Waals surface area contributed by atoms with Gasteiger partial charge in [0.2, 0.25) is 0 Å². The Kier molecular flexibility index (Phi) is 6.78. The van der Waals surface area contributed by atoms with Gasteiger partial charge >= 0.3 is 0 Å². The third-order valence-corrected chi connectivity index (χ3v) is 5.28. The van der Waals surface area contributed by atoms with Gasteiger partial charge in [0, 0.05) is 32.8 Å². The summed E-state index contributed by atoms with van der Waals surface area (Å²) >= 11 is 0. The van der Waals surface area contributed by atoms with Gasteiger partial charge in [-0.15, -0.1) is 0 Å². The van der Waals surface area contributed by atoms with Gasteiger partial charge in [0.1, 0.15) is 5.82 Å². The number of nitrogens with two attached hydrogens (primary N) is 1. The number of rotatable bonds is 6. The molecule has 4 heteroatoms. The van der Waals surface area contributed by atoms with E-state index in [-0.39, 0.29) is 11.9 Å². The fourth-order valence-electron chi connectivity index (χ4n) is 3.66. The van der Waals surface area contributed by atoms with E-state index >= 15 is 0 Å². The lowest BCUT2D eigenvalue weighted by Gasteiger charge is -2.30. The molecule has 3 nitrogen and oxygen atoms in total. The molecule has 1 aliphatic rings. The molecule has 0 radical (unpaired) electrons. The largest absolute Gasteiger partial charge is 0.383 e. The summed E-state index contributed by atoms with van der Waals surface area (Å²) in [6, 6.07) is 15.3. The number of hydrogen-bond donors (Lipinski definition) is 1. The maximum absolute atomic E-state index is 13.5. The van der Waals surface area contributed by atoms with Gasteiger partial charge in [-0.05, 0) is 54.2 Å². The highest BCUT2D eigenvalue weighted by Gasteiger charge is 2.19. The second-order valence-corrected chi connectivity index (χ2v) is 7.23. The van der Waals surface area contributed by atoms with Crippen LogP contribution in [-0.4, -0.2) is 38.3 Å². The minimum absolute atomic E-state index is 0.0185. The molecule has 1 saturated heterocycles. The summed E-state index contributed by atoms with van der Waals surface area (Å²) in [6.45, 7) is 5.79. The highest BCUT2D eigenvalue weighted by molar-refractivity contribution is 5.82. The number of nitrogens with zero attached hydrogens (tertiary/aromatic N) is 1. The van der Waals surface area contributed by atoms with Crippen molar-refractivity contribution in [2.45, 2.75) is 25.8 Å². The molecule has 144 valence electrons. The molecule has 0 bridgehead atoms. The SMILES string of the molecule is COCCN1CCC(=C(c2ccc(F)cc2)c2ccc([C@@H](C)N)cc2)CC1. The van der Waals surface area contributed by atoms with E-state index in [9.17, 15) is 4.39 Å². The van der Waals surface area contributed by atoms with Crippen LogP contribution in [0.2, 0.25) is 0 Å². The normalized spacial score (nSPS) is 16.4. The fourth-order valence-corrected chi connectivity index (χ4v) is 3.66. The van der Waals surface area contributed by atoms with Gasteiger partial charge in [-0.25, -0.2) is 4.39 Å². The van der Waals surface area contributed by atoms with E-state index in [4.69, 9.17) is 10.5 Å². The average Bonchev–Trinajstić information content (AvgIpc) is 2.69. The van der Waals surface area contributed by atoms with Crippen molar-refractivity contribution in [2.75, 3.05) is 33.4 Å². The minimum atomic E-state index is -0.204. The third kappa shape index (κ3) is 5.04. The smallest absolute Gasteiger partial charge is 0.123 e. The molecule has 1 heterocycles. The molecule has 1 atom stereocenters. The van der Waals surface area contributed by atoms with Crippen LogP contribution >= 0.6 is 0 Å². The van der Waals surface area contributed by atoms with E-state index in [1.54, 1.807) is 19.2 Å². The molecule has 2 aromatic rings. The van der Waals surface area contributed by atoms with Crippen molar-refractivity contribution in [3.8, 4) is 0 Å². The lowest BCUT2D eigenvalue weighted by Crippen LogP contribution is -2.33. The maximum Gasteiger partial charge on any atom is 0.123 e. The molecule has 2 N–H and O–H groups in total. The van der Waals surface area contributed by atoms with E-state index in [0.29, 0.717) is 0 Å². The summed E-state index contributed by atoms with van der Waals surface area (Å²) in [5, 5.41) is 0. The molecule has 0 aromatic heterocycles. The van der Waals surface area contributed by atoms with Crippen LogP contribution in [0.15, 0.2) is 54.1 Å². The van der Waals surface area contributed by atoms with Crippen LogP contribution in [0.3, 0.4) is 0 Å². The van der Waals surface area contributed by atoms with Crippen LogP contribution in [0.5, 0.6) is 0 Å². The predicted molar refractivity (Wildman–Crippen MR) is 109 cm³/mol. The molecule has 0 saturated carbocycles. The maximum atomic E-state index is 13.5. The fraction of sp³-hybridized carbons (Fsp3) is 0.391. The molecule has 27 heavy (non-hydrogen) atoms. The number of piperidine rings is 1. The highest BCUT2D eigenvalue weighted by Crippen LogP contribution is 2.33. The molecular formula is C23H29FN2O. The van der Waals surface area contributed by atoms with Crippen molar-refractivity contribution < 1.29 is 9.13 Å². The molecule has 0 amide bonds. The quantitative estimate of drug-likeness (QED) is 0.822. The number of methoxy groups -OCH3 is 1. The molecule has 0 unspecified atom stereocenters. The average molecular weight is 368 g/mol. The number of halogens is 1. The first-order chi connectivity index (χ1) is 13.1. The first kappa shape index (κ1) is 19.7. The van der Waals surface area contributed by atoms with Crippen LogP contribution in [0, 0.1) is 5.82 Å². The van der Waals surface area contributed by atoms with Crippen LogP contribution < -0.4 is 5.73 Å². The Bertz CT molecular complexity index is 756. The zero-order valence-electron chi connectivity index (χ0n) is 16.2. The second kappa shape index (κ2) is 9.27. The number of ether oxygens (including phenoxy) is 1. The highest BCUT2D eigenvalue weighted by atomic mass is 19.1. The van der Waals surface area contributed by atoms with Crippen molar-refractivity contribution in [2.24, 2.45) is 5.73 Å². The van der Waals surface area contributed by atoms with E-state index in [2.05, 4.69) is 29.2 Å². The lowest BCUT2D eigenvalue weighted by atomic mass is 9.88. The van der Waals surface area contributed by atoms with E-state index in [0.717, 1.165) is 50.2 Å². The van der Waals surface area contributed by atoms with Gasteiger partial charge in [0.05, 0.1) is 6.61 Å². The number of benzene rings is 2. The Hall–Kier alpha value is -2.01. The summed E-state index contributed by atoms with van der Waals surface area (Å²) in [7, 11) is 1.74. The Labute approximate surface area is 161 Å². The van der Waals surface area contributed by atoms with Crippen molar-refractivity contribution in [3.05, 3.63) is 76.6 Å². The van der Waals surface area contributed by atoms with Gasteiger partial charge < -0.3 is 15.4 Å². The molecule has 1 aliphatic heterocycles. The van der Waals surface area contributed by atoms with Crippen molar-refractivity contribution in [3.63, 3.8) is 0 Å². The zero-order valence-corrected chi connectivity index (χ0v) is 16.2. The standard InChI is InChI=1S/C23H29FN2O/c1-17(25)18-3-5-19(6-4-18)23(20-7-9-22(24)10-8-20)21-11-13-26(14-12-21)15-16-27-2/h3-10,17H,11-16,25H2,1-2H3/t17-/m1/s1. The number of hydrogen-bond acceptors (Lipinski definition) is 3. The summed E-state index contributed by atoms with van der Waals surface area (Å²) in [5.74, 6) is -0.204. The summed E-state index contributed by atoms with van der Waals surface area (Å²) in [5.41, 5.74) is 12.0. The molecule has 0 aliphatic carbocycles. The summed E-state index contributed by atoms with van der Waals surface area (Å²) in [6.07, 6.45) is 2.04. The molecule has 0 spiro atoms. The van der Waals surface area contributed by atoms with Crippen molar-refractivity contribution in [1.82, 2.24) is 4.90 Å². The van der Waals surface area contributed by atoms with Crippen LogP contribution in [0.25, 0.3) is 5.57 Å². The monoisotopic (exact) mass is 368 g/mol. The van der Waals surface area contributed by atoms with Gasteiger partial charge in [-0.1, -0.05) is 42.0 Å². The Balaban J connectivity index is 1.92. The predicted octanol–water partition coefficient (Wildman–Crippen LogP) is 4.39. The first-order valence-corrected chi connectivity index (χ1v) is 9.63. The van der Waals surface area contributed by atoms with Gasteiger partial charge in [0.15, 0.2) is 0 Å². The van der Waals surface area contributed by atoms with Gasteiger partial charge in [-0.3, -0.25) is 0 Å². The first-order valence-electron chi connectivity index (χ1n) is 9.63. The van der Waals surface area contributed by atoms with Gasteiger partial charge in [-0.2, -0.15) is 0 Å². The van der Waals surface area contributed by atoms with Crippen LogP contribution in [0.4, 0.5) is 4.39 Å². The molecule has 2 aromatic carbocycles. The number of likely N-dealkylation sites (tertiary alicyclic amines) is 1.